The molecule has 0 radical (unpaired) electrons. The van der Waals surface area contributed by atoms with E-state index in [0.29, 0.717) is 0 Å². The van der Waals surface area contributed by atoms with Crippen LogP contribution in [0.5, 0.6) is 0 Å². The Kier molecular flexibility index (Phi) is 4.36. The third-order valence-electron chi connectivity index (χ3n) is 3.29. The maximum atomic E-state index is 11.9. The molecular formula is C11H20N4O2S. The van der Waals surface area contributed by atoms with E-state index in [2.05, 4.69) is 15.0 Å². The third kappa shape index (κ3) is 3.79. The molecule has 0 spiro atoms. The van der Waals surface area contributed by atoms with Gasteiger partial charge < -0.3 is 9.88 Å². The lowest BCUT2D eigenvalue weighted by Crippen LogP contribution is -2.35. The molecule has 1 aliphatic rings. The molecule has 0 aliphatic carbocycles. The van der Waals surface area contributed by atoms with Gasteiger partial charge >= 0.3 is 0 Å². The Hall–Kier alpha value is -0.920. The predicted molar refractivity (Wildman–Crippen MR) is 69.4 cm³/mol. The lowest BCUT2D eigenvalue weighted by molar-refractivity contribution is 0.400. The van der Waals surface area contributed by atoms with Crippen LogP contribution < -0.4 is 10.0 Å². The second-order valence-corrected chi connectivity index (χ2v) is 6.60. The van der Waals surface area contributed by atoms with Crippen molar-refractivity contribution < 1.29 is 8.42 Å². The zero-order valence-electron chi connectivity index (χ0n) is 10.6. The van der Waals surface area contributed by atoms with E-state index in [4.69, 9.17) is 0 Å². The molecule has 0 bridgehead atoms. The molecule has 1 aromatic heterocycles. The minimum absolute atomic E-state index is 0.221. The van der Waals surface area contributed by atoms with E-state index < -0.39 is 10.0 Å². The van der Waals surface area contributed by atoms with Gasteiger partial charge in [0.05, 0.1) is 12.3 Å². The van der Waals surface area contributed by atoms with Gasteiger partial charge in [0.25, 0.3) is 0 Å². The zero-order chi connectivity index (χ0) is 13.0. The molecule has 0 aromatic carbocycles. The van der Waals surface area contributed by atoms with E-state index in [1.807, 2.05) is 11.6 Å². The summed E-state index contributed by atoms with van der Waals surface area (Å²) in [6.45, 7) is 2.09. The van der Waals surface area contributed by atoms with Crippen LogP contribution in [0.25, 0.3) is 0 Å². The Labute approximate surface area is 108 Å². The van der Waals surface area contributed by atoms with Crippen LogP contribution in [0.4, 0.5) is 0 Å². The van der Waals surface area contributed by atoms with Crippen LogP contribution >= 0.6 is 0 Å². The molecule has 1 aromatic rings. The summed E-state index contributed by atoms with van der Waals surface area (Å²) in [5, 5.41) is 3.23. The zero-order valence-corrected chi connectivity index (χ0v) is 11.4. The van der Waals surface area contributed by atoms with Crippen LogP contribution in [-0.4, -0.2) is 36.8 Å². The SMILES string of the molecule is Cn1ccnc1CNS(=O)(=O)CC1CCNCC1. The molecule has 6 nitrogen and oxygen atoms in total. The minimum atomic E-state index is -3.21. The van der Waals surface area contributed by atoms with Crippen LogP contribution in [0.3, 0.4) is 0 Å². The van der Waals surface area contributed by atoms with Gasteiger partial charge in [-0.25, -0.2) is 18.1 Å². The van der Waals surface area contributed by atoms with Gasteiger partial charge in [0.15, 0.2) is 0 Å². The van der Waals surface area contributed by atoms with E-state index in [1.165, 1.54) is 0 Å². The molecule has 2 N–H and O–H groups in total. The summed E-state index contributed by atoms with van der Waals surface area (Å²) in [5.74, 6) is 1.22. The Morgan fingerprint density at radius 2 is 2.22 bits per heavy atom. The van der Waals surface area contributed by atoms with Crippen LogP contribution in [0, 0.1) is 5.92 Å². The van der Waals surface area contributed by atoms with Crippen molar-refractivity contribution in [2.75, 3.05) is 18.8 Å². The summed E-state index contributed by atoms with van der Waals surface area (Å²) in [6, 6.07) is 0. The van der Waals surface area contributed by atoms with Crippen molar-refractivity contribution in [2.45, 2.75) is 19.4 Å². The predicted octanol–water partition coefficient (Wildman–Crippen LogP) is -0.161. The molecule has 102 valence electrons. The number of nitrogens with one attached hydrogen (secondary N) is 2. The number of hydrogen-bond donors (Lipinski definition) is 2. The Bertz CT molecular complexity index is 477. The summed E-state index contributed by atoms with van der Waals surface area (Å²) in [4.78, 5) is 4.09. The van der Waals surface area contributed by atoms with Crippen LogP contribution in [0.15, 0.2) is 12.4 Å². The average Bonchev–Trinajstić information content (AvgIpc) is 2.73. The summed E-state index contributed by atoms with van der Waals surface area (Å²) in [6.07, 6.45) is 5.33. The van der Waals surface area contributed by atoms with Gasteiger partial charge in [0.1, 0.15) is 5.82 Å². The fraction of sp³-hybridized carbons (Fsp3) is 0.727. The second-order valence-electron chi connectivity index (χ2n) is 4.75. The fourth-order valence-electron chi connectivity index (χ4n) is 2.16. The van der Waals surface area contributed by atoms with Gasteiger partial charge in [-0.05, 0) is 31.8 Å². The molecule has 1 fully saturated rings. The Morgan fingerprint density at radius 1 is 1.50 bits per heavy atom. The van der Waals surface area contributed by atoms with E-state index in [9.17, 15) is 8.42 Å². The van der Waals surface area contributed by atoms with Gasteiger partial charge in [-0.3, -0.25) is 0 Å². The number of hydrogen-bond acceptors (Lipinski definition) is 4. The van der Waals surface area contributed by atoms with E-state index in [0.717, 1.165) is 31.8 Å². The molecule has 2 heterocycles. The van der Waals surface area contributed by atoms with Crippen LogP contribution in [0.1, 0.15) is 18.7 Å². The number of nitrogens with zero attached hydrogens (tertiary/aromatic N) is 2. The smallest absolute Gasteiger partial charge is 0.212 e. The van der Waals surface area contributed by atoms with E-state index in [-0.39, 0.29) is 18.2 Å². The highest BCUT2D eigenvalue weighted by Crippen LogP contribution is 2.13. The molecule has 0 unspecified atom stereocenters. The monoisotopic (exact) mass is 272 g/mol. The van der Waals surface area contributed by atoms with Gasteiger partial charge in [-0.15, -0.1) is 0 Å². The van der Waals surface area contributed by atoms with Crippen molar-refractivity contribution in [1.29, 1.82) is 0 Å². The molecule has 0 atom stereocenters. The van der Waals surface area contributed by atoms with E-state index in [1.54, 1.807) is 12.4 Å². The number of piperidine rings is 1. The van der Waals surface area contributed by atoms with Gasteiger partial charge in [-0.1, -0.05) is 0 Å². The molecule has 1 aliphatic heterocycles. The summed E-state index contributed by atoms with van der Waals surface area (Å²) >= 11 is 0. The van der Waals surface area contributed by atoms with Crippen molar-refractivity contribution in [3.63, 3.8) is 0 Å². The third-order valence-corrected chi connectivity index (χ3v) is 4.78. The number of aryl methyl sites for hydroxylation is 1. The second kappa shape index (κ2) is 5.81. The topological polar surface area (TPSA) is 76.0 Å². The molecular weight excluding hydrogens is 252 g/mol. The highest BCUT2D eigenvalue weighted by molar-refractivity contribution is 7.89. The number of imidazole rings is 1. The van der Waals surface area contributed by atoms with Crippen molar-refractivity contribution in [3.8, 4) is 0 Å². The van der Waals surface area contributed by atoms with Gasteiger partial charge in [-0.2, -0.15) is 0 Å². The summed E-state index contributed by atoms with van der Waals surface area (Å²) in [7, 11) is -1.35. The minimum Gasteiger partial charge on any atom is -0.337 e. The largest absolute Gasteiger partial charge is 0.337 e. The molecule has 7 heteroatoms. The number of aromatic nitrogens is 2. The molecule has 1 saturated heterocycles. The first kappa shape index (κ1) is 13.5. The first-order chi connectivity index (χ1) is 8.57. The van der Waals surface area contributed by atoms with Crippen LogP contribution in [0.2, 0.25) is 0 Å². The highest BCUT2D eigenvalue weighted by Gasteiger charge is 2.21. The van der Waals surface area contributed by atoms with Gasteiger partial charge in [0.2, 0.25) is 10.0 Å². The van der Waals surface area contributed by atoms with Crippen LogP contribution in [-0.2, 0) is 23.6 Å². The Balaban J connectivity index is 1.85. The van der Waals surface area contributed by atoms with Crippen molar-refractivity contribution >= 4 is 10.0 Å². The number of sulfonamides is 1. The summed E-state index contributed by atoms with van der Waals surface area (Å²) in [5.41, 5.74) is 0. The first-order valence-electron chi connectivity index (χ1n) is 6.21. The maximum absolute atomic E-state index is 11.9. The highest BCUT2D eigenvalue weighted by atomic mass is 32.2. The van der Waals surface area contributed by atoms with Crippen molar-refractivity contribution in [3.05, 3.63) is 18.2 Å². The van der Waals surface area contributed by atoms with Crippen molar-refractivity contribution in [1.82, 2.24) is 19.6 Å². The maximum Gasteiger partial charge on any atom is 0.212 e. The lowest BCUT2D eigenvalue weighted by Gasteiger charge is -2.22. The molecule has 0 saturated carbocycles. The lowest BCUT2D eigenvalue weighted by atomic mass is 10.0. The number of rotatable bonds is 5. The quantitative estimate of drug-likeness (QED) is 0.781. The van der Waals surface area contributed by atoms with E-state index >= 15 is 0 Å². The molecule has 0 amide bonds. The normalized spacial score (nSPS) is 18.1. The van der Waals surface area contributed by atoms with Crippen molar-refractivity contribution in [2.24, 2.45) is 13.0 Å². The standard InChI is InChI=1S/C11H20N4O2S/c1-15-7-6-13-11(15)8-14-18(16,17)9-10-2-4-12-5-3-10/h6-7,10,12,14H,2-5,8-9H2,1H3. The summed E-state index contributed by atoms with van der Waals surface area (Å²) < 4.78 is 28.3. The van der Waals surface area contributed by atoms with Gasteiger partial charge in [0, 0.05) is 19.4 Å². The Morgan fingerprint density at radius 3 is 2.83 bits per heavy atom. The fourth-order valence-corrected chi connectivity index (χ4v) is 3.58. The average molecular weight is 272 g/mol. The first-order valence-corrected chi connectivity index (χ1v) is 7.86. The molecule has 18 heavy (non-hydrogen) atoms. The molecule has 2 rings (SSSR count).